The summed E-state index contributed by atoms with van der Waals surface area (Å²) in [7, 11) is 0. The summed E-state index contributed by atoms with van der Waals surface area (Å²) in [5.74, 6) is -0.0695. The highest BCUT2D eigenvalue weighted by Gasteiger charge is 2.39. The maximum atomic E-state index is 12.5. The number of furan rings is 1. The first kappa shape index (κ1) is 17.5. The van der Waals surface area contributed by atoms with E-state index in [9.17, 15) is 9.90 Å². The fourth-order valence-electron chi connectivity index (χ4n) is 4.18. The number of benzene rings is 1. The second kappa shape index (κ2) is 7.39. The van der Waals surface area contributed by atoms with E-state index >= 15 is 0 Å². The van der Waals surface area contributed by atoms with Gasteiger partial charge in [-0.2, -0.15) is 0 Å². The number of amides is 1. The topological polar surface area (TPSA) is 74.9 Å². The van der Waals surface area contributed by atoms with Gasteiger partial charge in [0, 0.05) is 30.1 Å². The number of carbonyl (C=O) groups excluding carboxylic acids is 1. The number of nitrogens with one attached hydrogen (secondary N) is 1. The number of hydrogen-bond acceptors (Lipinski definition) is 5. The van der Waals surface area contributed by atoms with Crippen molar-refractivity contribution in [1.82, 2.24) is 10.2 Å². The zero-order chi connectivity index (χ0) is 18.1. The van der Waals surface area contributed by atoms with Crippen molar-refractivity contribution in [2.45, 2.75) is 44.4 Å². The van der Waals surface area contributed by atoms with Gasteiger partial charge in [0.2, 0.25) is 5.91 Å². The first-order valence-electron chi connectivity index (χ1n) is 9.38. The van der Waals surface area contributed by atoms with Crippen LogP contribution in [0.3, 0.4) is 0 Å². The summed E-state index contributed by atoms with van der Waals surface area (Å²) in [6, 6.07) is 5.92. The van der Waals surface area contributed by atoms with Crippen LogP contribution < -0.4 is 5.32 Å². The Morgan fingerprint density at radius 3 is 2.92 bits per heavy atom. The van der Waals surface area contributed by atoms with Crippen LogP contribution in [0.25, 0.3) is 11.0 Å². The van der Waals surface area contributed by atoms with E-state index in [1.807, 2.05) is 25.1 Å². The van der Waals surface area contributed by atoms with Gasteiger partial charge in [-0.1, -0.05) is 12.1 Å². The van der Waals surface area contributed by atoms with Gasteiger partial charge in [0.25, 0.3) is 0 Å². The Labute approximate surface area is 153 Å². The molecule has 1 aliphatic carbocycles. The minimum atomic E-state index is -0.527. The molecule has 0 spiro atoms. The van der Waals surface area contributed by atoms with Gasteiger partial charge < -0.3 is 19.6 Å². The molecule has 2 N–H and O–H groups in total. The second-order valence-electron chi connectivity index (χ2n) is 7.39. The Bertz CT molecular complexity index is 781. The van der Waals surface area contributed by atoms with Gasteiger partial charge in [0.15, 0.2) is 0 Å². The van der Waals surface area contributed by atoms with Crippen molar-refractivity contribution in [1.29, 1.82) is 0 Å². The maximum absolute atomic E-state index is 12.5. The minimum Gasteiger partial charge on any atom is -0.464 e. The molecule has 0 radical (unpaired) electrons. The monoisotopic (exact) mass is 358 g/mol. The van der Waals surface area contributed by atoms with E-state index in [-0.39, 0.29) is 24.4 Å². The third-order valence-corrected chi connectivity index (χ3v) is 5.60. The first-order chi connectivity index (χ1) is 12.6. The molecule has 26 heavy (non-hydrogen) atoms. The molecular formula is C20H26N2O4. The number of aliphatic hydroxyl groups is 1. The molecular weight excluding hydrogens is 332 g/mol. The van der Waals surface area contributed by atoms with Crippen LogP contribution in [0.15, 0.2) is 28.9 Å². The van der Waals surface area contributed by atoms with Crippen molar-refractivity contribution in [3.05, 3.63) is 35.6 Å². The van der Waals surface area contributed by atoms with Crippen LogP contribution in [0.2, 0.25) is 0 Å². The van der Waals surface area contributed by atoms with E-state index in [1.54, 1.807) is 6.26 Å². The largest absolute Gasteiger partial charge is 0.464 e. The molecule has 2 heterocycles. The van der Waals surface area contributed by atoms with Gasteiger partial charge in [-0.15, -0.1) is 0 Å². The smallest absolute Gasteiger partial charge is 0.224 e. The second-order valence-corrected chi connectivity index (χ2v) is 7.39. The lowest BCUT2D eigenvalue weighted by Crippen LogP contribution is -2.51. The molecule has 1 saturated heterocycles. The van der Waals surface area contributed by atoms with Crippen molar-refractivity contribution in [2.24, 2.45) is 0 Å². The van der Waals surface area contributed by atoms with Crippen LogP contribution in [-0.2, 0) is 16.0 Å². The number of fused-ring (bicyclic) bond motifs is 1. The van der Waals surface area contributed by atoms with E-state index in [0.717, 1.165) is 48.0 Å². The number of morpholine rings is 1. The molecule has 6 nitrogen and oxygen atoms in total. The van der Waals surface area contributed by atoms with E-state index in [2.05, 4.69) is 10.2 Å². The van der Waals surface area contributed by atoms with Crippen LogP contribution in [0.5, 0.6) is 0 Å². The molecule has 2 aromatic rings. The van der Waals surface area contributed by atoms with Crippen molar-refractivity contribution in [3.63, 3.8) is 0 Å². The van der Waals surface area contributed by atoms with Crippen molar-refractivity contribution >= 4 is 16.9 Å². The van der Waals surface area contributed by atoms with Gasteiger partial charge in [0.05, 0.1) is 38.0 Å². The molecule has 1 saturated carbocycles. The SMILES string of the molecule is Cc1ccc2c(CC(=O)N[C@@H]3CC[C@@H](N4CCOCC4)[C@@H]3O)coc2c1. The summed E-state index contributed by atoms with van der Waals surface area (Å²) in [5.41, 5.74) is 2.82. The van der Waals surface area contributed by atoms with Crippen molar-refractivity contribution < 1.29 is 19.1 Å². The quantitative estimate of drug-likeness (QED) is 0.869. The third kappa shape index (κ3) is 3.49. The summed E-state index contributed by atoms with van der Waals surface area (Å²) in [6.45, 7) is 5.15. The normalized spacial score (nSPS) is 27.1. The van der Waals surface area contributed by atoms with E-state index in [0.29, 0.717) is 13.2 Å². The Morgan fingerprint density at radius 1 is 1.31 bits per heavy atom. The predicted molar refractivity (Wildman–Crippen MR) is 98.0 cm³/mol. The Morgan fingerprint density at radius 2 is 2.12 bits per heavy atom. The highest BCUT2D eigenvalue weighted by molar-refractivity contribution is 5.88. The van der Waals surface area contributed by atoms with Crippen LogP contribution >= 0.6 is 0 Å². The summed E-state index contributed by atoms with van der Waals surface area (Å²) < 4.78 is 11.0. The first-order valence-corrected chi connectivity index (χ1v) is 9.38. The average Bonchev–Trinajstić information content (AvgIpc) is 3.19. The van der Waals surface area contributed by atoms with Gasteiger partial charge in [0.1, 0.15) is 5.58 Å². The summed E-state index contributed by atoms with van der Waals surface area (Å²) in [4.78, 5) is 14.8. The van der Waals surface area contributed by atoms with Gasteiger partial charge >= 0.3 is 0 Å². The standard InChI is InChI=1S/C20H26N2O4/c1-13-2-3-15-14(12-26-18(15)10-13)11-19(23)21-16-4-5-17(20(16)24)22-6-8-25-9-7-22/h2-3,10,12,16-17,20,24H,4-9,11H2,1H3,(H,21,23)/t16-,17-,20-/m1/s1. The Balaban J connectivity index is 1.37. The molecule has 3 atom stereocenters. The predicted octanol–water partition coefficient (Wildman–Crippen LogP) is 1.62. The lowest BCUT2D eigenvalue weighted by Gasteiger charge is -2.34. The molecule has 140 valence electrons. The molecule has 0 bridgehead atoms. The van der Waals surface area contributed by atoms with Crippen LogP contribution in [0, 0.1) is 6.92 Å². The Kier molecular flexibility index (Phi) is 4.98. The van der Waals surface area contributed by atoms with Gasteiger partial charge in [-0.05, 0) is 31.4 Å². The summed E-state index contributed by atoms with van der Waals surface area (Å²) >= 11 is 0. The lowest BCUT2D eigenvalue weighted by molar-refractivity contribution is -0.122. The summed E-state index contributed by atoms with van der Waals surface area (Å²) in [5, 5.41) is 14.7. The van der Waals surface area contributed by atoms with E-state index in [1.165, 1.54) is 0 Å². The number of hydrogen-bond donors (Lipinski definition) is 2. The summed E-state index contributed by atoms with van der Waals surface area (Å²) in [6.07, 6.45) is 3.10. The van der Waals surface area contributed by atoms with E-state index in [4.69, 9.17) is 9.15 Å². The van der Waals surface area contributed by atoms with Crippen LogP contribution in [0.1, 0.15) is 24.0 Å². The van der Waals surface area contributed by atoms with Crippen molar-refractivity contribution in [2.75, 3.05) is 26.3 Å². The molecule has 6 heteroatoms. The maximum Gasteiger partial charge on any atom is 0.224 e. The van der Waals surface area contributed by atoms with Gasteiger partial charge in [-0.25, -0.2) is 0 Å². The number of nitrogens with zero attached hydrogens (tertiary/aromatic N) is 1. The van der Waals surface area contributed by atoms with Crippen molar-refractivity contribution in [3.8, 4) is 0 Å². The molecule has 1 amide bonds. The lowest BCUT2D eigenvalue weighted by atomic mass is 10.1. The van der Waals surface area contributed by atoms with Crippen LogP contribution in [-0.4, -0.2) is 60.4 Å². The number of aryl methyl sites for hydroxylation is 1. The zero-order valence-electron chi connectivity index (χ0n) is 15.1. The fourth-order valence-corrected chi connectivity index (χ4v) is 4.18. The van der Waals surface area contributed by atoms with E-state index < -0.39 is 6.10 Å². The fraction of sp³-hybridized carbons (Fsp3) is 0.550. The third-order valence-electron chi connectivity index (χ3n) is 5.60. The minimum absolute atomic E-state index is 0.0695. The highest BCUT2D eigenvalue weighted by Crippen LogP contribution is 2.26. The number of rotatable bonds is 4. The Hall–Kier alpha value is -1.89. The number of ether oxygens (including phenoxy) is 1. The molecule has 0 unspecified atom stereocenters. The number of carbonyl (C=O) groups is 1. The molecule has 1 aliphatic heterocycles. The van der Waals surface area contributed by atoms with Crippen LogP contribution in [0.4, 0.5) is 0 Å². The zero-order valence-corrected chi connectivity index (χ0v) is 15.1. The highest BCUT2D eigenvalue weighted by atomic mass is 16.5. The molecule has 2 aliphatic rings. The molecule has 2 fully saturated rings. The molecule has 1 aromatic heterocycles. The average molecular weight is 358 g/mol. The number of aliphatic hydroxyl groups excluding tert-OH is 1. The molecule has 4 rings (SSSR count). The van der Waals surface area contributed by atoms with Gasteiger partial charge in [-0.3, -0.25) is 9.69 Å². The molecule has 1 aromatic carbocycles.